The molecule has 20 heavy (non-hydrogen) atoms. The fraction of sp³-hybridized carbons (Fsp3) is 0.467. The SMILES string of the molecule is CC(CCc1ccccc1F)C(=O)NC(C)(C)C(=O)O. The first-order chi connectivity index (χ1) is 9.24. The van der Waals surface area contributed by atoms with Crippen LogP contribution in [0, 0.1) is 11.7 Å². The lowest BCUT2D eigenvalue weighted by Crippen LogP contribution is -2.51. The molecule has 0 aliphatic rings. The molecule has 4 nitrogen and oxygen atoms in total. The maximum atomic E-state index is 13.4. The van der Waals surface area contributed by atoms with Crippen LogP contribution in [0.4, 0.5) is 4.39 Å². The van der Waals surface area contributed by atoms with Gasteiger partial charge in [0.05, 0.1) is 0 Å². The molecule has 1 unspecified atom stereocenters. The van der Waals surface area contributed by atoms with Gasteiger partial charge in [-0.05, 0) is 38.3 Å². The third-order valence-electron chi connectivity index (χ3n) is 3.22. The van der Waals surface area contributed by atoms with E-state index in [1.165, 1.54) is 19.9 Å². The van der Waals surface area contributed by atoms with E-state index in [4.69, 9.17) is 5.11 Å². The summed E-state index contributed by atoms with van der Waals surface area (Å²) in [4.78, 5) is 22.8. The number of carbonyl (C=O) groups is 2. The molecule has 110 valence electrons. The van der Waals surface area contributed by atoms with Crippen molar-refractivity contribution in [2.75, 3.05) is 0 Å². The number of hydrogen-bond acceptors (Lipinski definition) is 2. The van der Waals surface area contributed by atoms with Gasteiger partial charge in [0.15, 0.2) is 0 Å². The number of rotatable bonds is 6. The molecule has 1 aromatic carbocycles. The summed E-state index contributed by atoms with van der Waals surface area (Å²) in [6.07, 6.45) is 0.900. The molecule has 0 fully saturated rings. The zero-order valence-electron chi connectivity index (χ0n) is 11.9. The van der Waals surface area contributed by atoms with Crippen molar-refractivity contribution in [2.45, 2.75) is 39.2 Å². The Morgan fingerprint density at radius 1 is 1.35 bits per heavy atom. The molecule has 0 aliphatic carbocycles. The van der Waals surface area contributed by atoms with Gasteiger partial charge in [0.2, 0.25) is 5.91 Å². The third kappa shape index (κ3) is 4.33. The molecular formula is C15H20FNO3. The van der Waals surface area contributed by atoms with Gasteiger partial charge in [0.25, 0.3) is 0 Å². The van der Waals surface area contributed by atoms with Crippen LogP contribution in [-0.2, 0) is 16.0 Å². The Labute approximate surface area is 118 Å². The first-order valence-corrected chi connectivity index (χ1v) is 6.53. The van der Waals surface area contributed by atoms with E-state index in [2.05, 4.69) is 5.32 Å². The van der Waals surface area contributed by atoms with E-state index < -0.39 is 11.5 Å². The molecule has 0 heterocycles. The summed E-state index contributed by atoms with van der Waals surface area (Å²) in [7, 11) is 0. The molecule has 1 aromatic rings. The van der Waals surface area contributed by atoms with E-state index in [9.17, 15) is 14.0 Å². The second-order valence-electron chi connectivity index (χ2n) is 5.45. The predicted molar refractivity (Wildman–Crippen MR) is 73.7 cm³/mol. The molecule has 0 bridgehead atoms. The maximum Gasteiger partial charge on any atom is 0.328 e. The molecule has 1 atom stereocenters. The molecular weight excluding hydrogens is 261 g/mol. The number of aryl methyl sites for hydroxylation is 1. The Bertz CT molecular complexity index is 500. The van der Waals surface area contributed by atoms with E-state index in [1.807, 2.05) is 0 Å². The average molecular weight is 281 g/mol. The lowest BCUT2D eigenvalue weighted by atomic mass is 9.98. The number of carbonyl (C=O) groups excluding carboxylic acids is 1. The topological polar surface area (TPSA) is 66.4 Å². The fourth-order valence-corrected chi connectivity index (χ4v) is 1.69. The van der Waals surface area contributed by atoms with Gasteiger partial charge in [0.1, 0.15) is 11.4 Å². The Balaban J connectivity index is 2.55. The van der Waals surface area contributed by atoms with E-state index in [0.29, 0.717) is 18.4 Å². The van der Waals surface area contributed by atoms with Crippen LogP contribution in [0.2, 0.25) is 0 Å². The van der Waals surface area contributed by atoms with Gasteiger partial charge in [0, 0.05) is 5.92 Å². The summed E-state index contributed by atoms with van der Waals surface area (Å²) in [5, 5.41) is 11.4. The standard InChI is InChI=1S/C15H20FNO3/c1-10(13(18)17-15(2,3)14(19)20)8-9-11-6-4-5-7-12(11)16/h4-7,10H,8-9H2,1-3H3,(H,17,18)(H,19,20). The highest BCUT2D eigenvalue weighted by Crippen LogP contribution is 2.14. The molecule has 2 N–H and O–H groups in total. The van der Waals surface area contributed by atoms with Crippen molar-refractivity contribution in [2.24, 2.45) is 5.92 Å². The zero-order chi connectivity index (χ0) is 15.3. The Kier molecular flexibility index (Phi) is 5.25. The maximum absolute atomic E-state index is 13.4. The zero-order valence-corrected chi connectivity index (χ0v) is 11.9. The van der Waals surface area contributed by atoms with Gasteiger partial charge < -0.3 is 10.4 Å². The molecule has 5 heteroatoms. The molecule has 1 rings (SSSR count). The first-order valence-electron chi connectivity index (χ1n) is 6.53. The summed E-state index contributed by atoms with van der Waals surface area (Å²) < 4.78 is 13.4. The second-order valence-corrected chi connectivity index (χ2v) is 5.45. The number of hydrogen-bond donors (Lipinski definition) is 2. The third-order valence-corrected chi connectivity index (χ3v) is 3.22. The molecule has 0 radical (unpaired) electrons. The minimum Gasteiger partial charge on any atom is -0.480 e. The van der Waals surface area contributed by atoms with Gasteiger partial charge in [-0.25, -0.2) is 9.18 Å². The average Bonchev–Trinajstić information content (AvgIpc) is 2.36. The normalized spacial score (nSPS) is 12.8. The van der Waals surface area contributed by atoms with Crippen LogP contribution in [0.15, 0.2) is 24.3 Å². The van der Waals surface area contributed by atoms with Crippen LogP contribution < -0.4 is 5.32 Å². The van der Waals surface area contributed by atoms with Crippen LogP contribution in [-0.4, -0.2) is 22.5 Å². The predicted octanol–water partition coefficient (Wildman–Crippen LogP) is 2.37. The molecule has 0 saturated carbocycles. The van der Waals surface area contributed by atoms with E-state index in [0.717, 1.165) is 0 Å². The Morgan fingerprint density at radius 3 is 2.50 bits per heavy atom. The van der Waals surface area contributed by atoms with Crippen molar-refractivity contribution >= 4 is 11.9 Å². The van der Waals surface area contributed by atoms with Crippen molar-refractivity contribution in [3.63, 3.8) is 0 Å². The molecule has 0 aromatic heterocycles. The van der Waals surface area contributed by atoms with Gasteiger partial charge in [-0.2, -0.15) is 0 Å². The Morgan fingerprint density at radius 2 is 1.95 bits per heavy atom. The highest BCUT2D eigenvalue weighted by molar-refractivity contribution is 5.87. The number of halogens is 1. The molecule has 1 amide bonds. The Hall–Kier alpha value is -1.91. The number of carboxylic acids is 1. The number of amides is 1. The number of benzene rings is 1. The summed E-state index contributed by atoms with van der Waals surface area (Å²) >= 11 is 0. The van der Waals surface area contributed by atoms with Gasteiger partial charge >= 0.3 is 5.97 Å². The molecule has 0 saturated heterocycles. The number of carboxylic acid groups (broad SMARTS) is 1. The van der Waals surface area contributed by atoms with Gasteiger partial charge in [-0.15, -0.1) is 0 Å². The highest BCUT2D eigenvalue weighted by Gasteiger charge is 2.30. The van der Waals surface area contributed by atoms with E-state index in [1.54, 1.807) is 25.1 Å². The highest BCUT2D eigenvalue weighted by atomic mass is 19.1. The smallest absolute Gasteiger partial charge is 0.328 e. The van der Waals surface area contributed by atoms with Crippen molar-refractivity contribution in [1.29, 1.82) is 0 Å². The summed E-state index contributed by atoms with van der Waals surface area (Å²) in [6, 6.07) is 6.43. The summed E-state index contributed by atoms with van der Waals surface area (Å²) in [6.45, 7) is 4.56. The van der Waals surface area contributed by atoms with Crippen molar-refractivity contribution in [3.8, 4) is 0 Å². The first kappa shape index (κ1) is 16.1. The van der Waals surface area contributed by atoms with Crippen molar-refractivity contribution in [3.05, 3.63) is 35.6 Å². The van der Waals surface area contributed by atoms with Crippen molar-refractivity contribution < 1.29 is 19.1 Å². The van der Waals surface area contributed by atoms with Gasteiger partial charge in [-0.3, -0.25) is 4.79 Å². The number of aliphatic carboxylic acids is 1. The monoisotopic (exact) mass is 281 g/mol. The van der Waals surface area contributed by atoms with Crippen LogP contribution in [0.25, 0.3) is 0 Å². The summed E-state index contributed by atoms with van der Waals surface area (Å²) in [5.41, 5.74) is -0.742. The van der Waals surface area contributed by atoms with Crippen LogP contribution in [0.3, 0.4) is 0 Å². The summed E-state index contributed by atoms with van der Waals surface area (Å²) in [5.74, 6) is -2.10. The van der Waals surface area contributed by atoms with E-state index >= 15 is 0 Å². The quantitative estimate of drug-likeness (QED) is 0.841. The fourth-order valence-electron chi connectivity index (χ4n) is 1.69. The number of nitrogens with one attached hydrogen (secondary N) is 1. The van der Waals surface area contributed by atoms with Crippen LogP contribution in [0.1, 0.15) is 32.8 Å². The lowest BCUT2D eigenvalue weighted by molar-refractivity contribution is -0.146. The van der Waals surface area contributed by atoms with Gasteiger partial charge in [-0.1, -0.05) is 25.1 Å². The minimum atomic E-state index is -1.30. The van der Waals surface area contributed by atoms with Crippen molar-refractivity contribution in [1.82, 2.24) is 5.32 Å². The van der Waals surface area contributed by atoms with Crippen LogP contribution >= 0.6 is 0 Å². The largest absolute Gasteiger partial charge is 0.480 e. The second kappa shape index (κ2) is 6.50. The molecule has 0 spiro atoms. The lowest BCUT2D eigenvalue weighted by Gasteiger charge is -2.23. The van der Waals surface area contributed by atoms with Crippen LogP contribution in [0.5, 0.6) is 0 Å². The van der Waals surface area contributed by atoms with E-state index in [-0.39, 0.29) is 17.6 Å². The minimum absolute atomic E-state index is 0.286. The molecule has 0 aliphatic heterocycles.